The summed E-state index contributed by atoms with van der Waals surface area (Å²) < 4.78 is 5.22. The second-order valence-electron chi connectivity index (χ2n) is 5.90. The zero-order valence-electron chi connectivity index (χ0n) is 14.8. The summed E-state index contributed by atoms with van der Waals surface area (Å²) in [6.07, 6.45) is 3.16. The number of carbonyl (C=O) groups is 2. The molecule has 0 fully saturated rings. The maximum atomic E-state index is 12.6. The Balaban J connectivity index is 1.73. The molecule has 1 amide bonds. The van der Waals surface area contributed by atoms with E-state index >= 15 is 0 Å². The van der Waals surface area contributed by atoms with Gasteiger partial charge in [0.1, 0.15) is 0 Å². The molecule has 1 aromatic heterocycles. The quantitative estimate of drug-likeness (QED) is 0.683. The Morgan fingerprint density at radius 3 is 2.04 bits per heavy atom. The van der Waals surface area contributed by atoms with Crippen molar-refractivity contribution in [2.75, 3.05) is 0 Å². The molecule has 6 heteroatoms. The molecular formula is C21H19N3O3. The van der Waals surface area contributed by atoms with Gasteiger partial charge in [0.15, 0.2) is 11.8 Å². The van der Waals surface area contributed by atoms with Gasteiger partial charge in [0.05, 0.1) is 12.2 Å². The molecule has 0 radical (unpaired) electrons. The molecule has 0 aliphatic carbocycles. The van der Waals surface area contributed by atoms with E-state index in [1.807, 2.05) is 60.7 Å². The Morgan fingerprint density at radius 1 is 0.926 bits per heavy atom. The van der Waals surface area contributed by atoms with Crippen molar-refractivity contribution in [2.24, 2.45) is 0 Å². The molecule has 27 heavy (non-hydrogen) atoms. The number of hydrogen-bond donors (Lipinski definition) is 1. The highest BCUT2D eigenvalue weighted by Gasteiger charge is 2.24. The molecule has 0 aliphatic heterocycles. The van der Waals surface area contributed by atoms with Crippen molar-refractivity contribution in [1.29, 1.82) is 0 Å². The van der Waals surface area contributed by atoms with Gasteiger partial charge in [-0.15, -0.1) is 0 Å². The lowest BCUT2D eigenvalue weighted by atomic mass is 9.98. The normalized spacial score (nSPS) is 11.6. The van der Waals surface area contributed by atoms with Crippen molar-refractivity contribution in [2.45, 2.75) is 19.1 Å². The summed E-state index contributed by atoms with van der Waals surface area (Å²) in [5.41, 5.74) is 1.92. The highest BCUT2D eigenvalue weighted by atomic mass is 16.5. The van der Waals surface area contributed by atoms with Crippen LogP contribution in [0, 0.1) is 0 Å². The Bertz CT molecular complexity index is 847. The molecule has 1 heterocycles. The standard InChI is InChI=1S/C21H19N3O3/c1-15(27-21(26)18-14-22-12-13-23-18)20(25)24-19(16-8-4-2-5-9-16)17-10-6-3-7-11-17/h2-15,19H,1H3,(H,24,25)/t15-/m0/s1. The second kappa shape index (κ2) is 8.71. The number of hydrogen-bond acceptors (Lipinski definition) is 5. The highest BCUT2D eigenvalue weighted by Crippen LogP contribution is 2.22. The minimum absolute atomic E-state index is 0.0554. The van der Waals surface area contributed by atoms with Crippen LogP contribution >= 0.6 is 0 Å². The average Bonchev–Trinajstić information content (AvgIpc) is 2.73. The Labute approximate surface area is 157 Å². The van der Waals surface area contributed by atoms with E-state index < -0.39 is 18.0 Å². The number of rotatable bonds is 6. The summed E-state index contributed by atoms with van der Waals surface area (Å²) in [6.45, 7) is 1.52. The minimum Gasteiger partial charge on any atom is -0.448 e. The van der Waals surface area contributed by atoms with Gasteiger partial charge < -0.3 is 10.1 Å². The van der Waals surface area contributed by atoms with Gasteiger partial charge in [-0.1, -0.05) is 60.7 Å². The van der Waals surface area contributed by atoms with Crippen LogP contribution in [0.5, 0.6) is 0 Å². The maximum absolute atomic E-state index is 12.6. The molecule has 3 aromatic rings. The summed E-state index contributed by atoms with van der Waals surface area (Å²) >= 11 is 0. The highest BCUT2D eigenvalue weighted by molar-refractivity contribution is 5.90. The van der Waals surface area contributed by atoms with Crippen molar-refractivity contribution in [3.8, 4) is 0 Å². The van der Waals surface area contributed by atoms with E-state index in [0.29, 0.717) is 0 Å². The van der Waals surface area contributed by atoms with Gasteiger partial charge in [-0.2, -0.15) is 0 Å². The van der Waals surface area contributed by atoms with E-state index in [-0.39, 0.29) is 11.7 Å². The fourth-order valence-electron chi connectivity index (χ4n) is 2.59. The molecule has 6 nitrogen and oxygen atoms in total. The van der Waals surface area contributed by atoms with Crippen LogP contribution in [-0.4, -0.2) is 27.9 Å². The minimum atomic E-state index is -0.977. The van der Waals surface area contributed by atoms with Gasteiger partial charge in [0.2, 0.25) is 0 Å². The van der Waals surface area contributed by atoms with E-state index in [1.54, 1.807) is 0 Å². The summed E-state index contributed by atoms with van der Waals surface area (Å²) in [5, 5.41) is 2.95. The predicted molar refractivity (Wildman–Crippen MR) is 99.8 cm³/mol. The third-order valence-corrected chi connectivity index (χ3v) is 3.98. The molecule has 0 unspecified atom stereocenters. The third kappa shape index (κ3) is 4.76. The lowest BCUT2D eigenvalue weighted by molar-refractivity contribution is -0.129. The lowest BCUT2D eigenvalue weighted by Gasteiger charge is -2.22. The van der Waals surface area contributed by atoms with Gasteiger partial charge in [0.25, 0.3) is 5.91 Å². The van der Waals surface area contributed by atoms with E-state index in [9.17, 15) is 9.59 Å². The van der Waals surface area contributed by atoms with Crippen LogP contribution in [0.3, 0.4) is 0 Å². The van der Waals surface area contributed by atoms with Gasteiger partial charge in [0, 0.05) is 12.4 Å². The Kier molecular flexibility index (Phi) is 5.89. The van der Waals surface area contributed by atoms with Gasteiger partial charge in [-0.3, -0.25) is 9.78 Å². The van der Waals surface area contributed by atoms with Crippen LogP contribution in [0.25, 0.3) is 0 Å². The van der Waals surface area contributed by atoms with Gasteiger partial charge in [-0.25, -0.2) is 9.78 Å². The lowest BCUT2D eigenvalue weighted by Crippen LogP contribution is -2.38. The predicted octanol–water partition coefficient (Wildman–Crippen LogP) is 2.93. The number of amides is 1. The molecule has 0 spiro atoms. The second-order valence-corrected chi connectivity index (χ2v) is 5.90. The average molecular weight is 361 g/mol. The number of nitrogens with zero attached hydrogens (tertiary/aromatic N) is 2. The summed E-state index contributed by atoms with van der Waals surface area (Å²) in [4.78, 5) is 32.4. The third-order valence-electron chi connectivity index (χ3n) is 3.98. The van der Waals surface area contributed by atoms with Crippen molar-refractivity contribution in [3.05, 3.63) is 96.1 Å². The Hall–Kier alpha value is -3.54. The number of aromatic nitrogens is 2. The van der Waals surface area contributed by atoms with Crippen molar-refractivity contribution < 1.29 is 14.3 Å². The van der Waals surface area contributed by atoms with Crippen LogP contribution < -0.4 is 5.32 Å². The zero-order valence-corrected chi connectivity index (χ0v) is 14.8. The molecular weight excluding hydrogens is 342 g/mol. The zero-order chi connectivity index (χ0) is 19.1. The monoisotopic (exact) mass is 361 g/mol. The first-order chi connectivity index (χ1) is 13.1. The number of carbonyl (C=O) groups excluding carboxylic acids is 2. The van der Waals surface area contributed by atoms with E-state index in [1.165, 1.54) is 25.5 Å². The molecule has 0 saturated carbocycles. The molecule has 3 rings (SSSR count). The fraction of sp³-hybridized carbons (Fsp3) is 0.143. The van der Waals surface area contributed by atoms with Gasteiger partial charge >= 0.3 is 5.97 Å². The van der Waals surface area contributed by atoms with Gasteiger partial charge in [-0.05, 0) is 18.1 Å². The first-order valence-corrected chi connectivity index (χ1v) is 8.52. The molecule has 0 aliphatic rings. The number of benzene rings is 2. The number of esters is 1. The molecule has 136 valence electrons. The van der Waals surface area contributed by atoms with Crippen molar-refractivity contribution in [1.82, 2.24) is 15.3 Å². The molecule has 2 aromatic carbocycles. The van der Waals surface area contributed by atoms with E-state index in [2.05, 4.69) is 15.3 Å². The van der Waals surface area contributed by atoms with Crippen LogP contribution in [0.4, 0.5) is 0 Å². The molecule has 1 atom stereocenters. The van der Waals surface area contributed by atoms with Crippen molar-refractivity contribution in [3.63, 3.8) is 0 Å². The molecule has 0 saturated heterocycles. The SMILES string of the molecule is C[C@H](OC(=O)c1cnccn1)C(=O)NC(c1ccccc1)c1ccccc1. The number of ether oxygens (including phenoxy) is 1. The van der Waals surface area contributed by atoms with Crippen LogP contribution in [0.1, 0.15) is 34.6 Å². The molecule has 0 bridgehead atoms. The van der Waals surface area contributed by atoms with Crippen LogP contribution in [-0.2, 0) is 9.53 Å². The largest absolute Gasteiger partial charge is 0.448 e. The summed E-state index contributed by atoms with van der Waals surface area (Å²) in [7, 11) is 0. The summed E-state index contributed by atoms with van der Waals surface area (Å²) in [6, 6.07) is 18.9. The van der Waals surface area contributed by atoms with Crippen LogP contribution in [0.2, 0.25) is 0 Å². The number of nitrogens with one attached hydrogen (secondary N) is 1. The van der Waals surface area contributed by atoms with Crippen LogP contribution in [0.15, 0.2) is 79.3 Å². The maximum Gasteiger partial charge on any atom is 0.359 e. The first-order valence-electron chi connectivity index (χ1n) is 8.52. The summed E-state index contributed by atoms with van der Waals surface area (Å²) in [5.74, 6) is -1.09. The van der Waals surface area contributed by atoms with E-state index in [4.69, 9.17) is 4.74 Å². The smallest absolute Gasteiger partial charge is 0.359 e. The molecule has 1 N–H and O–H groups in total. The topological polar surface area (TPSA) is 81.2 Å². The Morgan fingerprint density at radius 2 is 1.52 bits per heavy atom. The van der Waals surface area contributed by atoms with Crippen molar-refractivity contribution >= 4 is 11.9 Å². The van der Waals surface area contributed by atoms with E-state index in [0.717, 1.165) is 11.1 Å². The first kappa shape index (κ1) is 18.3. The fourth-order valence-corrected chi connectivity index (χ4v) is 2.59.